The number of rotatable bonds is 0. The minimum Gasteiger partial charge on any atom is -0.299 e. The lowest BCUT2D eigenvalue weighted by atomic mass is 9.74. The molecular formula is C12H14O. The van der Waals surface area contributed by atoms with E-state index in [1.54, 1.807) is 0 Å². The molecule has 0 heterocycles. The molecule has 1 spiro atoms. The highest BCUT2D eigenvalue weighted by atomic mass is 16.1. The number of carbonyl (C=O) groups excluding carboxylic acids is 1. The molecular weight excluding hydrogens is 160 g/mol. The van der Waals surface area contributed by atoms with Crippen molar-refractivity contribution in [2.75, 3.05) is 0 Å². The quantitative estimate of drug-likeness (QED) is 0.514. The van der Waals surface area contributed by atoms with E-state index >= 15 is 0 Å². The lowest BCUT2D eigenvalue weighted by molar-refractivity contribution is -0.124. The molecule has 68 valence electrons. The van der Waals surface area contributed by atoms with E-state index in [-0.39, 0.29) is 0 Å². The second-order valence-electron chi connectivity index (χ2n) is 5.40. The highest BCUT2D eigenvalue weighted by molar-refractivity contribution is 5.95. The average Bonchev–Trinajstić information content (AvgIpc) is 2.74. The number of hydrogen-bond donors (Lipinski definition) is 0. The highest BCUT2D eigenvalue weighted by Crippen LogP contribution is 2.78. The van der Waals surface area contributed by atoms with Crippen LogP contribution in [0.4, 0.5) is 0 Å². The van der Waals surface area contributed by atoms with Crippen LogP contribution in [0.5, 0.6) is 0 Å². The Bertz CT molecular complexity index is 343. The minimum atomic E-state index is 0.315. The molecule has 0 aromatic heterocycles. The molecule has 0 aliphatic heterocycles. The molecule has 5 atom stereocenters. The van der Waals surface area contributed by atoms with Crippen LogP contribution in [-0.2, 0) is 4.79 Å². The molecule has 0 N–H and O–H groups in total. The van der Waals surface area contributed by atoms with E-state index in [1.165, 1.54) is 31.3 Å². The maximum atomic E-state index is 11.9. The molecule has 5 rings (SSSR count). The summed E-state index contributed by atoms with van der Waals surface area (Å²) < 4.78 is 0. The first kappa shape index (κ1) is 6.80. The molecule has 0 aromatic rings. The summed E-state index contributed by atoms with van der Waals surface area (Å²) in [6.07, 6.45) is 5.22. The van der Waals surface area contributed by atoms with Crippen molar-refractivity contribution >= 4 is 5.78 Å². The van der Waals surface area contributed by atoms with Gasteiger partial charge in [-0.05, 0) is 31.1 Å². The third kappa shape index (κ3) is 0.431. The van der Waals surface area contributed by atoms with Gasteiger partial charge >= 0.3 is 0 Å². The van der Waals surface area contributed by atoms with Gasteiger partial charge in [-0.1, -0.05) is 18.6 Å². The molecule has 0 aromatic carbocycles. The van der Waals surface area contributed by atoms with E-state index in [2.05, 4.69) is 6.58 Å². The Morgan fingerprint density at radius 3 is 3.08 bits per heavy atom. The van der Waals surface area contributed by atoms with Crippen LogP contribution in [-0.4, -0.2) is 5.78 Å². The first-order chi connectivity index (χ1) is 6.27. The van der Waals surface area contributed by atoms with Crippen LogP contribution in [0.3, 0.4) is 0 Å². The predicted molar refractivity (Wildman–Crippen MR) is 49.0 cm³/mol. The van der Waals surface area contributed by atoms with Gasteiger partial charge in [0.15, 0.2) is 0 Å². The molecule has 0 radical (unpaired) electrons. The summed E-state index contributed by atoms with van der Waals surface area (Å²) in [6.45, 7) is 4.22. The van der Waals surface area contributed by atoms with E-state index in [9.17, 15) is 4.79 Å². The molecule has 5 saturated carbocycles. The van der Waals surface area contributed by atoms with Gasteiger partial charge in [0.05, 0.1) is 0 Å². The fourth-order valence-electron chi connectivity index (χ4n) is 5.24. The Balaban J connectivity index is 2.02. The van der Waals surface area contributed by atoms with Crippen LogP contribution in [0.2, 0.25) is 0 Å². The van der Waals surface area contributed by atoms with E-state index in [4.69, 9.17) is 0 Å². The summed E-state index contributed by atoms with van der Waals surface area (Å²) in [5, 5.41) is 0. The summed E-state index contributed by atoms with van der Waals surface area (Å²) in [5.74, 6) is 2.89. The molecule has 0 amide bonds. The van der Waals surface area contributed by atoms with Crippen molar-refractivity contribution in [3.8, 4) is 0 Å². The number of ketones is 1. The van der Waals surface area contributed by atoms with E-state index in [1.807, 2.05) is 0 Å². The number of allylic oxidation sites excluding steroid dienone is 1. The van der Waals surface area contributed by atoms with Crippen LogP contribution in [0.25, 0.3) is 0 Å². The van der Waals surface area contributed by atoms with Crippen LogP contribution in [0.15, 0.2) is 12.2 Å². The zero-order chi connectivity index (χ0) is 8.79. The summed E-state index contributed by atoms with van der Waals surface area (Å²) in [7, 11) is 0. The largest absolute Gasteiger partial charge is 0.299 e. The van der Waals surface area contributed by atoms with Gasteiger partial charge < -0.3 is 0 Å². The number of Topliss-reactive ketones (excluding diaryl/α,β-unsaturated/α-hetero) is 1. The first-order valence-corrected chi connectivity index (χ1v) is 5.50. The molecule has 5 aliphatic carbocycles. The van der Waals surface area contributed by atoms with Crippen molar-refractivity contribution in [3.05, 3.63) is 12.2 Å². The summed E-state index contributed by atoms with van der Waals surface area (Å²) in [4.78, 5) is 11.9. The SMILES string of the molecule is C=C1[C@H]2C(=O)[C@@H]3C[C@H]2[C@H]2CCC[C@]123. The van der Waals surface area contributed by atoms with Crippen molar-refractivity contribution in [1.82, 2.24) is 0 Å². The second kappa shape index (κ2) is 1.65. The standard InChI is InChI=1S/C12H14O/c1-6-10-7-5-9(11(10)13)12(6)4-2-3-8(7)12/h7-10H,1-5H2/t7-,8+,9-,10+,12-/m0/s1. The predicted octanol–water partition coefficient (Wildman–Crippen LogP) is 2.18. The third-order valence-corrected chi connectivity index (χ3v) is 5.47. The van der Waals surface area contributed by atoms with Gasteiger partial charge in [0, 0.05) is 17.3 Å². The monoisotopic (exact) mass is 174 g/mol. The molecule has 5 aliphatic rings. The van der Waals surface area contributed by atoms with Gasteiger partial charge in [-0.3, -0.25) is 4.79 Å². The molecule has 1 nitrogen and oxygen atoms in total. The fraction of sp³-hybridized carbons (Fsp3) is 0.750. The van der Waals surface area contributed by atoms with Gasteiger partial charge in [0.25, 0.3) is 0 Å². The van der Waals surface area contributed by atoms with Crippen molar-refractivity contribution in [3.63, 3.8) is 0 Å². The Kier molecular flexibility index (Phi) is 0.861. The third-order valence-electron chi connectivity index (χ3n) is 5.47. The van der Waals surface area contributed by atoms with Gasteiger partial charge in [0.1, 0.15) is 5.78 Å². The first-order valence-electron chi connectivity index (χ1n) is 5.50. The fourth-order valence-corrected chi connectivity index (χ4v) is 5.24. The van der Waals surface area contributed by atoms with Gasteiger partial charge in [0.2, 0.25) is 0 Å². The van der Waals surface area contributed by atoms with E-state index in [0.29, 0.717) is 23.0 Å². The molecule has 5 fully saturated rings. The topological polar surface area (TPSA) is 17.1 Å². The van der Waals surface area contributed by atoms with Crippen molar-refractivity contribution in [2.45, 2.75) is 25.7 Å². The lowest BCUT2D eigenvalue weighted by Crippen LogP contribution is -2.27. The molecule has 13 heavy (non-hydrogen) atoms. The maximum absolute atomic E-state index is 11.9. The van der Waals surface area contributed by atoms with Gasteiger partial charge in [-0.2, -0.15) is 0 Å². The van der Waals surface area contributed by atoms with Crippen molar-refractivity contribution in [2.24, 2.45) is 29.1 Å². The highest BCUT2D eigenvalue weighted by Gasteiger charge is 2.75. The van der Waals surface area contributed by atoms with Gasteiger partial charge in [-0.25, -0.2) is 0 Å². The Hall–Kier alpha value is -0.590. The van der Waals surface area contributed by atoms with Gasteiger partial charge in [-0.15, -0.1) is 0 Å². The number of hydrogen-bond acceptors (Lipinski definition) is 1. The smallest absolute Gasteiger partial charge is 0.144 e. The average molecular weight is 174 g/mol. The van der Waals surface area contributed by atoms with Crippen molar-refractivity contribution < 1.29 is 4.79 Å². The summed E-state index contributed by atoms with van der Waals surface area (Å²) in [5.41, 5.74) is 1.69. The Morgan fingerprint density at radius 1 is 1.46 bits per heavy atom. The zero-order valence-electron chi connectivity index (χ0n) is 7.75. The van der Waals surface area contributed by atoms with Crippen LogP contribution in [0.1, 0.15) is 25.7 Å². The number of carbonyl (C=O) groups is 1. The van der Waals surface area contributed by atoms with Crippen LogP contribution < -0.4 is 0 Å². The molecule has 4 bridgehead atoms. The molecule has 0 saturated heterocycles. The summed E-state index contributed by atoms with van der Waals surface area (Å²) >= 11 is 0. The molecule has 1 heteroatoms. The minimum absolute atomic E-state index is 0.315. The van der Waals surface area contributed by atoms with E-state index < -0.39 is 0 Å². The lowest BCUT2D eigenvalue weighted by Gasteiger charge is -2.28. The zero-order valence-corrected chi connectivity index (χ0v) is 7.75. The van der Waals surface area contributed by atoms with Crippen LogP contribution >= 0.6 is 0 Å². The normalized spacial score (nSPS) is 61.2. The Labute approximate surface area is 78.2 Å². The molecule has 0 unspecified atom stereocenters. The summed E-state index contributed by atoms with van der Waals surface area (Å²) in [6, 6.07) is 0. The van der Waals surface area contributed by atoms with Crippen molar-refractivity contribution in [1.29, 1.82) is 0 Å². The maximum Gasteiger partial charge on any atom is 0.144 e. The Morgan fingerprint density at radius 2 is 2.31 bits per heavy atom. The van der Waals surface area contributed by atoms with E-state index in [0.717, 1.165) is 11.8 Å². The second-order valence-corrected chi connectivity index (χ2v) is 5.40. The van der Waals surface area contributed by atoms with Crippen LogP contribution in [0, 0.1) is 29.1 Å².